The molecule has 1 aliphatic carbocycles. The van der Waals surface area contributed by atoms with Crippen molar-refractivity contribution in [3.05, 3.63) is 0 Å². The first kappa shape index (κ1) is 11.8. The summed E-state index contributed by atoms with van der Waals surface area (Å²) in [4.78, 5) is 22.0. The molecule has 2 amide bonds. The molecule has 0 saturated heterocycles. The van der Waals surface area contributed by atoms with E-state index >= 15 is 0 Å². The van der Waals surface area contributed by atoms with Gasteiger partial charge in [-0.05, 0) is 18.8 Å². The average molecular weight is 214 g/mol. The highest BCUT2D eigenvalue weighted by Gasteiger charge is 2.36. The third-order valence-electron chi connectivity index (χ3n) is 2.78. The molecule has 0 heterocycles. The molecule has 0 aliphatic heterocycles. The Labute approximate surface area is 89.2 Å². The molecule has 0 radical (unpaired) electrons. The minimum atomic E-state index is -0.990. The highest BCUT2D eigenvalue weighted by Crippen LogP contribution is 2.32. The minimum Gasteiger partial charge on any atom is -0.480 e. The van der Waals surface area contributed by atoms with Crippen LogP contribution in [0.5, 0.6) is 0 Å². The van der Waals surface area contributed by atoms with Gasteiger partial charge in [-0.25, -0.2) is 9.59 Å². The largest absolute Gasteiger partial charge is 0.480 e. The summed E-state index contributed by atoms with van der Waals surface area (Å²) in [7, 11) is 0. The zero-order valence-electron chi connectivity index (χ0n) is 9.12. The highest BCUT2D eigenvalue weighted by atomic mass is 16.4. The second kappa shape index (κ2) is 5.00. The van der Waals surface area contributed by atoms with Gasteiger partial charge >= 0.3 is 12.0 Å². The van der Waals surface area contributed by atoms with E-state index < -0.39 is 12.0 Å². The molecule has 1 aliphatic rings. The summed E-state index contributed by atoms with van der Waals surface area (Å²) in [5.74, 6) is -0.420. The molecule has 5 heteroatoms. The number of carboxylic acids is 1. The van der Waals surface area contributed by atoms with Crippen LogP contribution in [0.4, 0.5) is 4.79 Å². The monoisotopic (exact) mass is 214 g/mol. The lowest BCUT2D eigenvalue weighted by molar-refractivity contribution is -0.139. The van der Waals surface area contributed by atoms with Crippen LogP contribution < -0.4 is 10.6 Å². The van der Waals surface area contributed by atoms with Gasteiger partial charge in [0, 0.05) is 6.04 Å². The van der Waals surface area contributed by atoms with Crippen molar-refractivity contribution in [1.29, 1.82) is 0 Å². The van der Waals surface area contributed by atoms with Gasteiger partial charge in [-0.15, -0.1) is 0 Å². The van der Waals surface area contributed by atoms with Gasteiger partial charge in [0.2, 0.25) is 0 Å². The summed E-state index contributed by atoms with van der Waals surface area (Å²) in [6, 6.07) is -0.921. The average Bonchev–Trinajstić information content (AvgIpc) is 2.92. The van der Waals surface area contributed by atoms with Crippen LogP contribution in [0, 0.1) is 5.92 Å². The zero-order valence-corrected chi connectivity index (χ0v) is 9.12. The number of carbonyl (C=O) groups is 2. The van der Waals surface area contributed by atoms with Crippen LogP contribution in [-0.4, -0.2) is 29.2 Å². The fraction of sp³-hybridized carbons (Fsp3) is 0.800. The SMILES string of the molecule is CCC1CC1NC(=O)N[C@@H](CC)C(=O)O. The van der Waals surface area contributed by atoms with Crippen molar-refractivity contribution in [1.82, 2.24) is 10.6 Å². The Kier molecular flexibility index (Phi) is 3.94. The van der Waals surface area contributed by atoms with E-state index in [1.807, 2.05) is 0 Å². The van der Waals surface area contributed by atoms with Crippen LogP contribution >= 0.6 is 0 Å². The summed E-state index contributed by atoms with van der Waals surface area (Å²) in [6.07, 6.45) is 2.46. The Morgan fingerprint density at radius 1 is 1.47 bits per heavy atom. The smallest absolute Gasteiger partial charge is 0.326 e. The maximum Gasteiger partial charge on any atom is 0.326 e. The first-order chi connectivity index (χ1) is 7.08. The summed E-state index contributed by atoms with van der Waals surface area (Å²) in [5, 5.41) is 13.9. The molecular formula is C10H18N2O3. The fourth-order valence-corrected chi connectivity index (χ4v) is 1.58. The van der Waals surface area contributed by atoms with Crippen LogP contribution in [0.3, 0.4) is 0 Å². The second-order valence-electron chi connectivity index (χ2n) is 3.93. The molecule has 1 saturated carbocycles. The molecule has 0 aromatic carbocycles. The molecule has 0 aromatic heterocycles. The number of urea groups is 1. The van der Waals surface area contributed by atoms with Crippen molar-refractivity contribution < 1.29 is 14.7 Å². The standard InChI is InChI=1S/C10H18N2O3/c1-3-6-5-8(6)12-10(15)11-7(4-2)9(13)14/h6-8H,3-5H2,1-2H3,(H,13,14)(H2,11,12,15)/t6?,7-,8?/m0/s1. The molecule has 1 fully saturated rings. The first-order valence-electron chi connectivity index (χ1n) is 5.38. The van der Waals surface area contributed by atoms with Crippen molar-refractivity contribution in [3.8, 4) is 0 Å². The van der Waals surface area contributed by atoms with E-state index in [1.165, 1.54) is 0 Å². The Balaban J connectivity index is 2.26. The summed E-state index contributed by atoms with van der Waals surface area (Å²) >= 11 is 0. The summed E-state index contributed by atoms with van der Waals surface area (Å²) in [6.45, 7) is 3.81. The number of nitrogens with one attached hydrogen (secondary N) is 2. The van der Waals surface area contributed by atoms with Crippen LogP contribution in [-0.2, 0) is 4.79 Å². The van der Waals surface area contributed by atoms with E-state index in [-0.39, 0.29) is 12.1 Å². The number of rotatable bonds is 5. The number of carboxylic acid groups (broad SMARTS) is 1. The van der Waals surface area contributed by atoms with Gasteiger partial charge < -0.3 is 15.7 Å². The van der Waals surface area contributed by atoms with Crippen LogP contribution in [0.25, 0.3) is 0 Å². The molecule has 0 aromatic rings. The van der Waals surface area contributed by atoms with Crippen molar-refractivity contribution in [2.24, 2.45) is 5.92 Å². The van der Waals surface area contributed by atoms with Crippen LogP contribution in [0.15, 0.2) is 0 Å². The lowest BCUT2D eigenvalue weighted by Gasteiger charge is -2.12. The van der Waals surface area contributed by atoms with Crippen molar-refractivity contribution in [2.45, 2.75) is 45.2 Å². The summed E-state index contributed by atoms with van der Waals surface area (Å²) < 4.78 is 0. The molecule has 0 spiro atoms. The third-order valence-corrected chi connectivity index (χ3v) is 2.78. The Morgan fingerprint density at radius 3 is 2.53 bits per heavy atom. The predicted octanol–water partition coefficient (Wildman–Crippen LogP) is 0.947. The van der Waals surface area contributed by atoms with Gasteiger partial charge in [0.1, 0.15) is 6.04 Å². The number of hydrogen-bond donors (Lipinski definition) is 3. The third kappa shape index (κ3) is 3.42. The summed E-state index contributed by atoms with van der Waals surface area (Å²) in [5.41, 5.74) is 0. The van der Waals surface area contributed by atoms with Gasteiger partial charge in [-0.1, -0.05) is 20.3 Å². The van der Waals surface area contributed by atoms with E-state index in [1.54, 1.807) is 6.92 Å². The Hall–Kier alpha value is -1.26. The van der Waals surface area contributed by atoms with E-state index in [4.69, 9.17) is 5.11 Å². The number of aliphatic carboxylic acids is 1. The van der Waals surface area contributed by atoms with Gasteiger partial charge in [0.05, 0.1) is 0 Å². The maximum absolute atomic E-state index is 11.3. The number of amides is 2. The molecule has 2 unspecified atom stereocenters. The molecule has 3 N–H and O–H groups in total. The number of carbonyl (C=O) groups excluding carboxylic acids is 1. The molecule has 3 atom stereocenters. The quantitative estimate of drug-likeness (QED) is 0.637. The second-order valence-corrected chi connectivity index (χ2v) is 3.93. The van der Waals surface area contributed by atoms with Gasteiger partial charge in [-0.3, -0.25) is 0 Å². The van der Waals surface area contributed by atoms with Crippen molar-refractivity contribution in [2.75, 3.05) is 0 Å². The molecule has 86 valence electrons. The van der Waals surface area contributed by atoms with E-state index in [0.717, 1.165) is 12.8 Å². The normalized spacial score (nSPS) is 25.5. The lowest BCUT2D eigenvalue weighted by Crippen LogP contribution is -2.46. The molecular weight excluding hydrogens is 196 g/mol. The molecule has 1 rings (SSSR count). The first-order valence-corrected chi connectivity index (χ1v) is 5.38. The minimum absolute atomic E-state index is 0.237. The van der Waals surface area contributed by atoms with Crippen molar-refractivity contribution >= 4 is 12.0 Å². The number of hydrogen-bond acceptors (Lipinski definition) is 2. The molecule has 0 bridgehead atoms. The zero-order chi connectivity index (χ0) is 11.4. The van der Waals surface area contributed by atoms with Crippen LogP contribution in [0.1, 0.15) is 33.1 Å². The van der Waals surface area contributed by atoms with Crippen molar-refractivity contribution in [3.63, 3.8) is 0 Å². The topological polar surface area (TPSA) is 78.4 Å². The Bertz CT molecular complexity index is 255. The van der Waals surface area contributed by atoms with Gasteiger partial charge in [0.15, 0.2) is 0 Å². The lowest BCUT2D eigenvalue weighted by atomic mass is 10.2. The maximum atomic E-state index is 11.3. The fourth-order valence-electron chi connectivity index (χ4n) is 1.58. The van der Waals surface area contributed by atoms with E-state index in [2.05, 4.69) is 17.6 Å². The van der Waals surface area contributed by atoms with E-state index in [9.17, 15) is 9.59 Å². The van der Waals surface area contributed by atoms with Gasteiger partial charge in [-0.2, -0.15) is 0 Å². The Morgan fingerprint density at radius 2 is 2.13 bits per heavy atom. The highest BCUT2D eigenvalue weighted by molar-refractivity contribution is 5.82. The molecule has 15 heavy (non-hydrogen) atoms. The predicted molar refractivity (Wildman–Crippen MR) is 55.6 cm³/mol. The van der Waals surface area contributed by atoms with Crippen LogP contribution in [0.2, 0.25) is 0 Å². The van der Waals surface area contributed by atoms with Gasteiger partial charge in [0.25, 0.3) is 0 Å². The van der Waals surface area contributed by atoms with E-state index in [0.29, 0.717) is 12.3 Å². The molecule has 5 nitrogen and oxygen atoms in total.